The molecule has 1 aromatic carbocycles. The van der Waals surface area contributed by atoms with Crippen LogP contribution in [-0.2, 0) is 6.54 Å². The average molecular weight is 317 g/mol. The van der Waals surface area contributed by atoms with E-state index in [0.717, 1.165) is 30.7 Å². The molecule has 2 aromatic rings. The van der Waals surface area contributed by atoms with Gasteiger partial charge in [-0.25, -0.2) is 9.48 Å². The Hall–Kier alpha value is -2.37. The van der Waals surface area contributed by atoms with Gasteiger partial charge in [0.25, 0.3) is 0 Å². The molecule has 124 valence electrons. The second-order valence-corrected chi connectivity index (χ2v) is 5.38. The Bertz CT molecular complexity index is 621. The molecule has 1 heterocycles. The van der Waals surface area contributed by atoms with E-state index in [1.807, 2.05) is 30.3 Å². The Labute approximate surface area is 136 Å². The summed E-state index contributed by atoms with van der Waals surface area (Å²) in [5.41, 5.74) is 0.796. The number of rotatable bonds is 9. The molecule has 0 saturated heterocycles. The summed E-state index contributed by atoms with van der Waals surface area (Å²) in [6, 6.07) is 9.62. The van der Waals surface area contributed by atoms with E-state index in [9.17, 15) is 9.90 Å². The van der Waals surface area contributed by atoms with Crippen molar-refractivity contribution in [2.45, 2.75) is 45.6 Å². The third kappa shape index (κ3) is 4.31. The zero-order valence-electron chi connectivity index (χ0n) is 13.6. The zero-order valence-corrected chi connectivity index (χ0v) is 13.6. The van der Waals surface area contributed by atoms with Gasteiger partial charge in [0, 0.05) is 18.9 Å². The Kier molecular flexibility index (Phi) is 6.14. The van der Waals surface area contributed by atoms with Gasteiger partial charge in [0.2, 0.25) is 0 Å². The topological polar surface area (TPSA) is 77.2 Å². The number of hydrogen-bond donors (Lipinski definition) is 1. The van der Waals surface area contributed by atoms with Crippen molar-refractivity contribution in [1.29, 1.82) is 0 Å². The Morgan fingerprint density at radius 2 is 1.96 bits per heavy atom. The van der Waals surface area contributed by atoms with Crippen molar-refractivity contribution < 1.29 is 14.6 Å². The maximum atomic E-state index is 11.3. The van der Waals surface area contributed by atoms with Crippen LogP contribution in [0.3, 0.4) is 0 Å². The molecule has 0 fully saturated rings. The van der Waals surface area contributed by atoms with E-state index in [-0.39, 0.29) is 11.6 Å². The zero-order chi connectivity index (χ0) is 16.7. The first-order valence-electron chi connectivity index (χ1n) is 8.01. The standard InChI is InChI=1S/C17H23N3O3/c1-3-13(4-2)16-15(17(21)22)18-19-20(16)11-8-12-23-14-9-6-5-7-10-14/h5-7,9-10,13H,3-4,8,11-12H2,1-2H3,(H,21,22). The van der Waals surface area contributed by atoms with Gasteiger partial charge in [0.15, 0.2) is 5.69 Å². The van der Waals surface area contributed by atoms with E-state index >= 15 is 0 Å². The molecule has 0 radical (unpaired) electrons. The Balaban J connectivity index is 2.00. The van der Waals surface area contributed by atoms with Crippen LogP contribution in [0.1, 0.15) is 55.2 Å². The fourth-order valence-corrected chi connectivity index (χ4v) is 2.64. The normalized spacial score (nSPS) is 10.9. The molecule has 0 spiro atoms. The van der Waals surface area contributed by atoms with E-state index in [1.165, 1.54) is 0 Å². The lowest BCUT2D eigenvalue weighted by Crippen LogP contribution is -2.14. The number of carboxylic acid groups (broad SMARTS) is 1. The lowest BCUT2D eigenvalue weighted by atomic mass is 9.97. The highest BCUT2D eigenvalue weighted by Crippen LogP contribution is 2.25. The maximum Gasteiger partial charge on any atom is 0.358 e. The molecule has 23 heavy (non-hydrogen) atoms. The van der Waals surface area contributed by atoms with E-state index in [2.05, 4.69) is 24.2 Å². The van der Waals surface area contributed by atoms with Crippen LogP contribution in [0.5, 0.6) is 5.75 Å². The molecule has 0 aliphatic carbocycles. The lowest BCUT2D eigenvalue weighted by molar-refractivity contribution is 0.0688. The second kappa shape index (κ2) is 8.31. The monoisotopic (exact) mass is 317 g/mol. The summed E-state index contributed by atoms with van der Waals surface area (Å²) in [6.07, 6.45) is 2.47. The molecule has 0 amide bonds. The number of ether oxygens (including phenoxy) is 1. The first-order chi connectivity index (χ1) is 11.2. The number of carbonyl (C=O) groups is 1. The van der Waals surface area contributed by atoms with E-state index in [4.69, 9.17) is 4.74 Å². The quantitative estimate of drug-likeness (QED) is 0.718. The van der Waals surface area contributed by atoms with Crippen molar-refractivity contribution in [2.24, 2.45) is 0 Å². The summed E-state index contributed by atoms with van der Waals surface area (Å²) in [5, 5.41) is 17.2. The van der Waals surface area contributed by atoms with Crippen LogP contribution in [0.2, 0.25) is 0 Å². The van der Waals surface area contributed by atoms with E-state index in [1.54, 1.807) is 4.68 Å². The first-order valence-corrected chi connectivity index (χ1v) is 8.01. The van der Waals surface area contributed by atoms with Gasteiger partial charge in [0.1, 0.15) is 5.75 Å². The number of nitrogens with zero attached hydrogens (tertiary/aromatic N) is 3. The number of para-hydroxylation sites is 1. The Morgan fingerprint density at radius 1 is 1.26 bits per heavy atom. The number of aromatic nitrogens is 3. The molecule has 0 aliphatic rings. The van der Waals surface area contributed by atoms with Crippen molar-refractivity contribution in [1.82, 2.24) is 15.0 Å². The molecule has 2 rings (SSSR count). The minimum absolute atomic E-state index is 0.0719. The summed E-state index contributed by atoms with van der Waals surface area (Å²) in [4.78, 5) is 11.3. The average Bonchev–Trinajstić information content (AvgIpc) is 2.98. The highest BCUT2D eigenvalue weighted by atomic mass is 16.5. The van der Waals surface area contributed by atoms with Crippen molar-refractivity contribution in [2.75, 3.05) is 6.61 Å². The second-order valence-electron chi connectivity index (χ2n) is 5.38. The van der Waals surface area contributed by atoms with Gasteiger partial charge in [-0.2, -0.15) is 0 Å². The predicted molar refractivity (Wildman–Crippen MR) is 86.9 cm³/mol. The molecule has 1 aromatic heterocycles. The lowest BCUT2D eigenvalue weighted by Gasteiger charge is -2.15. The molecular weight excluding hydrogens is 294 g/mol. The predicted octanol–water partition coefficient (Wildman–Crippen LogP) is 3.35. The van der Waals surface area contributed by atoms with Crippen LogP contribution in [-0.4, -0.2) is 32.7 Å². The Morgan fingerprint density at radius 3 is 2.57 bits per heavy atom. The van der Waals surface area contributed by atoms with E-state index in [0.29, 0.717) is 13.2 Å². The number of benzene rings is 1. The maximum absolute atomic E-state index is 11.3. The summed E-state index contributed by atoms with van der Waals surface area (Å²) in [7, 11) is 0. The van der Waals surface area contributed by atoms with Crippen molar-refractivity contribution in [3.63, 3.8) is 0 Å². The minimum Gasteiger partial charge on any atom is -0.494 e. The fourth-order valence-electron chi connectivity index (χ4n) is 2.64. The SMILES string of the molecule is CCC(CC)c1c(C(=O)O)nnn1CCCOc1ccccc1. The van der Waals surface area contributed by atoms with E-state index < -0.39 is 5.97 Å². The third-order valence-electron chi connectivity index (χ3n) is 3.87. The van der Waals surface area contributed by atoms with Crippen molar-refractivity contribution >= 4 is 5.97 Å². The molecule has 0 saturated carbocycles. The molecule has 6 nitrogen and oxygen atoms in total. The van der Waals surface area contributed by atoms with Crippen LogP contribution in [0.15, 0.2) is 30.3 Å². The number of hydrogen-bond acceptors (Lipinski definition) is 4. The van der Waals surface area contributed by atoms with Gasteiger partial charge in [-0.15, -0.1) is 5.10 Å². The number of carboxylic acids is 1. The van der Waals surface area contributed by atoms with Crippen molar-refractivity contribution in [3.05, 3.63) is 41.7 Å². The molecule has 6 heteroatoms. The summed E-state index contributed by atoms with van der Waals surface area (Å²) < 4.78 is 7.37. The molecule has 0 atom stereocenters. The van der Waals surface area contributed by atoms with Gasteiger partial charge < -0.3 is 9.84 Å². The van der Waals surface area contributed by atoms with Gasteiger partial charge in [-0.3, -0.25) is 0 Å². The molecule has 0 aliphatic heterocycles. The summed E-state index contributed by atoms with van der Waals surface area (Å²) >= 11 is 0. The highest BCUT2D eigenvalue weighted by molar-refractivity contribution is 5.86. The molecular formula is C17H23N3O3. The largest absolute Gasteiger partial charge is 0.494 e. The summed E-state index contributed by atoms with van der Waals surface area (Å²) in [5.74, 6) is -0.0256. The fraction of sp³-hybridized carbons (Fsp3) is 0.471. The molecule has 1 N–H and O–H groups in total. The first kappa shape index (κ1) is 17.0. The highest BCUT2D eigenvalue weighted by Gasteiger charge is 2.24. The van der Waals surface area contributed by atoms with Crippen LogP contribution in [0, 0.1) is 0 Å². The van der Waals surface area contributed by atoms with Crippen LogP contribution in [0.4, 0.5) is 0 Å². The number of aromatic carboxylic acids is 1. The summed E-state index contributed by atoms with van der Waals surface area (Å²) in [6.45, 7) is 5.25. The van der Waals surface area contributed by atoms with Crippen LogP contribution >= 0.6 is 0 Å². The van der Waals surface area contributed by atoms with Gasteiger partial charge >= 0.3 is 5.97 Å². The van der Waals surface area contributed by atoms with Crippen LogP contribution < -0.4 is 4.74 Å². The van der Waals surface area contributed by atoms with Crippen molar-refractivity contribution in [3.8, 4) is 5.75 Å². The number of aryl methyl sites for hydroxylation is 1. The van der Waals surface area contributed by atoms with Gasteiger partial charge in [-0.1, -0.05) is 37.3 Å². The van der Waals surface area contributed by atoms with Crippen LogP contribution in [0.25, 0.3) is 0 Å². The van der Waals surface area contributed by atoms with Gasteiger partial charge in [0.05, 0.1) is 12.3 Å². The third-order valence-corrected chi connectivity index (χ3v) is 3.87. The minimum atomic E-state index is -1.02. The molecule has 0 bridgehead atoms. The van der Waals surface area contributed by atoms with Gasteiger partial charge in [-0.05, 0) is 25.0 Å². The smallest absolute Gasteiger partial charge is 0.358 e. The molecule has 0 unspecified atom stereocenters.